The molecule has 1 aromatic rings. The van der Waals surface area contributed by atoms with E-state index < -0.39 is 23.0 Å². The number of hydrogen-bond donors (Lipinski definition) is 1. The molecule has 0 saturated heterocycles. The zero-order chi connectivity index (χ0) is 12.6. The summed E-state index contributed by atoms with van der Waals surface area (Å²) in [5.74, 6) is -2.42. The Labute approximate surface area is 98.8 Å². The summed E-state index contributed by atoms with van der Waals surface area (Å²) in [7, 11) is 0. The molecule has 1 fully saturated rings. The highest BCUT2D eigenvalue weighted by Gasteiger charge is 2.35. The van der Waals surface area contributed by atoms with Gasteiger partial charge in [-0.05, 0) is 37.8 Å². The quantitative estimate of drug-likeness (QED) is 0.824. The molecule has 0 spiro atoms. The van der Waals surface area contributed by atoms with Gasteiger partial charge >= 0.3 is 0 Å². The fourth-order valence-corrected chi connectivity index (χ4v) is 2.08. The van der Waals surface area contributed by atoms with Crippen molar-refractivity contribution in [2.24, 2.45) is 5.73 Å². The Balaban J connectivity index is 2.22. The number of rotatable bonds is 3. The average Bonchev–Trinajstić information content (AvgIpc) is 2.23. The van der Waals surface area contributed by atoms with Gasteiger partial charge in [0.15, 0.2) is 17.4 Å². The van der Waals surface area contributed by atoms with Crippen molar-refractivity contribution >= 4 is 5.78 Å². The van der Waals surface area contributed by atoms with Crippen molar-refractivity contribution in [1.82, 2.24) is 0 Å². The van der Waals surface area contributed by atoms with Crippen LogP contribution in [0.25, 0.3) is 0 Å². The minimum Gasteiger partial charge on any atom is -0.325 e. The molecule has 1 aliphatic rings. The van der Waals surface area contributed by atoms with E-state index in [4.69, 9.17) is 5.73 Å². The number of halogens is 2. The van der Waals surface area contributed by atoms with Crippen molar-refractivity contribution < 1.29 is 13.6 Å². The highest BCUT2D eigenvalue weighted by molar-refractivity contribution is 5.97. The Kier molecular flexibility index (Phi) is 3.00. The lowest BCUT2D eigenvalue weighted by Crippen LogP contribution is -2.48. The molecule has 17 heavy (non-hydrogen) atoms. The molecule has 2 N–H and O–H groups in total. The fraction of sp³-hybridized carbons (Fsp3) is 0.462. The molecule has 2 nitrogen and oxygen atoms in total. The van der Waals surface area contributed by atoms with E-state index in [-0.39, 0.29) is 17.5 Å². The van der Waals surface area contributed by atoms with E-state index in [9.17, 15) is 13.6 Å². The minimum atomic E-state index is -1.06. The lowest BCUT2D eigenvalue weighted by Gasteiger charge is -2.37. The van der Waals surface area contributed by atoms with Gasteiger partial charge in [0.1, 0.15) is 0 Å². The van der Waals surface area contributed by atoms with Gasteiger partial charge in [-0.2, -0.15) is 0 Å². The molecule has 4 heteroatoms. The van der Waals surface area contributed by atoms with Crippen LogP contribution in [0.1, 0.15) is 41.6 Å². The molecule has 1 saturated carbocycles. The highest BCUT2D eigenvalue weighted by Crippen LogP contribution is 2.33. The number of aryl methyl sites for hydroxylation is 1. The summed E-state index contributed by atoms with van der Waals surface area (Å²) >= 11 is 0. The maximum absolute atomic E-state index is 13.6. The molecule has 0 bridgehead atoms. The Morgan fingerprint density at radius 2 is 2.00 bits per heavy atom. The van der Waals surface area contributed by atoms with Gasteiger partial charge in [0.25, 0.3) is 0 Å². The number of carbonyl (C=O) groups is 1. The molecule has 1 aliphatic carbocycles. The number of Topliss-reactive ketones (excluding diaryl/α,β-unsaturated/α-hetero) is 1. The van der Waals surface area contributed by atoms with Crippen molar-refractivity contribution in [1.29, 1.82) is 0 Å². The zero-order valence-electron chi connectivity index (χ0n) is 9.72. The molecular weight excluding hydrogens is 224 g/mol. The van der Waals surface area contributed by atoms with Gasteiger partial charge in [0.2, 0.25) is 0 Å². The first kappa shape index (κ1) is 12.2. The number of carbonyl (C=O) groups excluding carboxylic acids is 1. The molecule has 0 aliphatic heterocycles. The molecule has 0 atom stereocenters. The van der Waals surface area contributed by atoms with Gasteiger partial charge in [-0.3, -0.25) is 4.79 Å². The summed E-state index contributed by atoms with van der Waals surface area (Å²) in [6.45, 7) is 1.46. The maximum Gasteiger partial charge on any atom is 0.169 e. The van der Waals surface area contributed by atoms with Gasteiger partial charge in [-0.1, -0.05) is 6.07 Å². The van der Waals surface area contributed by atoms with E-state index in [1.165, 1.54) is 19.1 Å². The lowest BCUT2D eigenvalue weighted by atomic mass is 9.74. The normalized spacial score (nSPS) is 17.6. The van der Waals surface area contributed by atoms with Crippen LogP contribution in [0.15, 0.2) is 12.1 Å². The lowest BCUT2D eigenvalue weighted by molar-refractivity contribution is 0.0907. The molecule has 92 valence electrons. The summed E-state index contributed by atoms with van der Waals surface area (Å²) in [5.41, 5.74) is 5.42. The smallest absolute Gasteiger partial charge is 0.169 e. The van der Waals surface area contributed by atoms with Gasteiger partial charge in [-0.15, -0.1) is 0 Å². The number of benzene rings is 1. The van der Waals surface area contributed by atoms with Gasteiger partial charge in [-0.25, -0.2) is 8.78 Å². The first-order chi connectivity index (χ1) is 7.93. The summed E-state index contributed by atoms with van der Waals surface area (Å²) in [6, 6.07) is 2.74. The molecule has 0 radical (unpaired) electrons. The van der Waals surface area contributed by atoms with Gasteiger partial charge < -0.3 is 5.73 Å². The second-order valence-corrected chi connectivity index (χ2v) is 4.87. The van der Waals surface area contributed by atoms with E-state index in [0.717, 1.165) is 19.3 Å². The van der Waals surface area contributed by atoms with Crippen molar-refractivity contribution in [2.45, 2.75) is 38.1 Å². The maximum atomic E-state index is 13.6. The van der Waals surface area contributed by atoms with Crippen LogP contribution in [0.4, 0.5) is 8.78 Å². The van der Waals surface area contributed by atoms with E-state index in [1.807, 2.05) is 0 Å². The van der Waals surface area contributed by atoms with Crippen molar-refractivity contribution in [2.75, 3.05) is 0 Å². The summed E-state index contributed by atoms with van der Waals surface area (Å²) in [4.78, 5) is 11.9. The standard InChI is InChI=1S/C13H15F2NO/c1-8-3-4-9(12(15)11(8)14)10(17)7-13(16)5-2-6-13/h3-4H,2,5-7,16H2,1H3. The van der Waals surface area contributed by atoms with Crippen LogP contribution < -0.4 is 5.73 Å². The first-order valence-electron chi connectivity index (χ1n) is 5.70. The Morgan fingerprint density at radius 3 is 2.53 bits per heavy atom. The second kappa shape index (κ2) is 4.18. The summed E-state index contributed by atoms with van der Waals surface area (Å²) < 4.78 is 26.9. The van der Waals surface area contributed by atoms with Crippen LogP contribution in [-0.2, 0) is 0 Å². The second-order valence-electron chi connectivity index (χ2n) is 4.87. The molecule has 1 aromatic carbocycles. The van der Waals surface area contributed by atoms with Crippen molar-refractivity contribution in [3.8, 4) is 0 Å². The van der Waals surface area contributed by atoms with Crippen LogP contribution in [0, 0.1) is 18.6 Å². The molecule has 0 amide bonds. The van der Waals surface area contributed by atoms with Crippen LogP contribution in [0.5, 0.6) is 0 Å². The highest BCUT2D eigenvalue weighted by atomic mass is 19.2. The number of ketones is 1. The van der Waals surface area contributed by atoms with Gasteiger partial charge in [0, 0.05) is 12.0 Å². The SMILES string of the molecule is Cc1ccc(C(=O)CC2(N)CCC2)c(F)c1F. The zero-order valence-corrected chi connectivity index (χ0v) is 9.72. The van der Waals surface area contributed by atoms with Crippen molar-refractivity contribution in [3.05, 3.63) is 34.9 Å². The third-order valence-corrected chi connectivity index (χ3v) is 3.44. The molecule has 0 aromatic heterocycles. The van der Waals surface area contributed by atoms with Crippen LogP contribution in [-0.4, -0.2) is 11.3 Å². The number of hydrogen-bond acceptors (Lipinski definition) is 2. The fourth-order valence-electron chi connectivity index (χ4n) is 2.08. The molecule has 0 heterocycles. The minimum absolute atomic E-state index is 0.0897. The van der Waals surface area contributed by atoms with Crippen LogP contribution in [0.3, 0.4) is 0 Å². The van der Waals surface area contributed by atoms with Gasteiger partial charge in [0.05, 0.1) is 5.56 Å². The molecule has 0 unspecified atom stereocenters. The van der Waals surface area contributed by atoms with E-state index >= 15 is 0 Å². The molecular formula is C13H15F2NO. The Morgan fingerprint density at radius 1 is 1.35 bits per heavy atom. The first-order valence-corrected chi connectivity index (χ1v) is 5.70. The predicted molar refractivity (Wildman–Crippen MR) is 60.8 cm³/mol. The van der Waals surface area contributed by atoms with E-state index in [2.05, 4.69) is 0 Å². The predicted octanol–water partition coefficient (Wildman–Crippen LogP) is 2.73. The third kappa shape index (κ3) is 2.22. The van der Waals surface area contributed by atoms with Crippen LogP contribution in [0.2, 0.25) is 0 Å². The van der Waals surface area contributed by atoms with Crippen molar-refractivity contribution in [3.63, 3.8) is 0 Å². The largest absolute Gasteiger partial charge is 0.325 e. The third-order valence-electron chi connectivity index (χ3n) is 3.44. The Hall–Kier alpha value is -1.29. The molecule has 2 rings (SSSR count). The Bertz CT molecular complexity index is 467. The average molecular weight is 239 g/mol. The number of nitrogens with two attached hydrogens (primary N) is 1. The monoisotopic (exact) mass is 239 g/mol. The van der Waals surface area contributed by atoms with E-state index in [0.29, 0.717) is 0 Å². The van der Waals surface area contributed by atoms with Crippen LogP contribution >= 0.6 is 0 Å². The topological polar surface area (TPSA) is 43.1 Å². The summed E-state index contributed by atoms with van der Waals surface area (Å²) in [5, 5.41) is 0. The van der Waals surface area contributed by atoms with E-state index in [1.54, 1.807) is 0 Å². The summed E-state index contributed by atoms with van der Waals surface area (Å²) in [6.07, 6.45) is 2.63.